The van der Waals surface area contributed by atoms with Crippen molar-refractivity contribution in [3.63, 3.8) is 0 Å². The minimum atomic E-state index is 0.614. The quantitative estimate of drug-likeness (QED) is 0.835. The zero-order chi connectivity index (χ0) is 13.8. The van der Waals surface area contributed by atoms with Gasteiger partial charge in [-0.1, -0.05) is 33.3 Å². The number of pyridine rings is 1. The van der Waals surface area contributed by atoms with Crippen molar-refractivity contribution in [3.8, 4) is 0 Å². The van der Waals surface area contributed by atoms with Gasteiger partial charge in [0, 0.05) is 12.4 Å². The number of nitrogens with zero attached hydrogens (tertiary/aromatic N) is 1. The van der Waals surface area contributed by atoms with Crippen LogP contribution in [0.2, 0.25) is 0 Å². The Balaban J connectivity index is 2.52. The van der Waals surface area contributed by atoms with Crippen molar-refractivity contribution < 1.29 is 0 Å². The second kappa shape index (κ2) is 6.05. The molecule has 0 saturated heterocycles. The average molecular weight is 256 g/mol. The van der Waals surface area contributed by atoms with Crippen molar-refractivity contribution >= 4 is 16.7 Å². The molecular weight excluding hydrogens is 232 g/mol. The van der Waals surface area contributed by atoms with Gasteiger partial charge in [0.25, 0.3) is 0 Å². The zero-order valence-corrected chi connectivity index (χ0v) is 12.5. The van der Waals surface area contributed by atoms with Crippen molar-refractivity contribution in [2.45, 2.75) is 46.0 Å². The number of fused-ring (bicyclic) bond motifs is 1. The number of benzene rings is 1. The third-order valence-electron chi connectivity index (χ3n) is 3.86. The largest absolute Gasteiger partial charge is 0.373 e. The zero-order valence-electron chi connectivity index (χ0n) is 12.5. The van der Waals surface area contributed by atoms with Crippen LogP contribution in [-0.4, -0.2) is 12.0 Å². The molecule has 0 spiro atoms. The maximum atomic E-state index is 4.73. The first-order chi connectivity index (χ1) is 9.19. The molecule has 0 radical (unpaired) electrons. The number of anilines is 1. The van der Waals surface area contributed by atoms with Gasteiger partial charge < -0.3 is 5.32 Å². The lowest BCUT2D eigenvalue weighted by atomic mass is 9.96. The number of rotatable bonds is 5. The fourth-order valence-electron chi connectivity index (χ4n) is 2.46. The second-order valence-electron chi connectivity index (χ2n) is 5.26. The van der Waals surface area contributed by atoms with E-state index in [0.29, 0.717) is 5.92 Å². The summed E-state index contributed by atoms with van der Waals surface area (Å²) in [6, 6.07) is 8.95. The molecule has 2 aromatic rings. The van der Waals surface area contributed by atoms with E-state index >= 15 is 0 Å². The Hall–Kier alpha value is -1.57. The number of aromatic nitrogens is 1. The van der Waals surface area contributed by atoms with Crippen LogP contribution in [0.1, 0.15) is 50.7 Å². The Morgan fingerprint density at radius 1 is 1.21 bits per heavy atom. The fourth-order valence-corrected chi connectivity index (χ4v) is 2.46. The van der Waals surface area contributed by atoms with Gasteiger partial charge in [-0.2, -0.15) is 0 Å². The predicted molar refractivity (Wildman–Crippen MR) is 84.0 cm³/mol. The Kier molecular flexibility index (Phi) is 4.41. The van der Waals surface area contributed by atoms with E-state index in [1.807, 2.05) is 7.05 Å². The Morgan fingerprint density at radius 3 is 2.63 bits per heavy atom. The topological polar surface area (TPSA) is 24.9 Å². The molecule has 2 rings (SSSR count). The summed E-state index contributed by atoms with van der Waals surface area (Å²) in [6.07, 6.45) is 3.40. The monoisotopic (exact) mass is 256 g/mol. The molecule has 1 aromatic carbocycles. The highest BCUT2D eigenvalue weighted by Gasteiger charge is 2.08. The van der Waals surface area contributed by atoms with E-state index in [0.717, 1.165) is 24.2 Å². The molecule has 1 atom stereocenters. The molecular formula is C17H24N2. The first-order valence-electron chi connectivity index (χ1n) is 7.30. The summed E-state index contributed by atoms with van der Waals surface area (Å²) in [4.78, 5) is 4.73. The summed E-state index contributed by atoms with van der Waals surface area (Å²) >= 11 is 0. The highest BCUT2D eigenvalue weighted by molar-refractivity contribution is 5.82. The summed E-state index contributed by atoms with van der Waals surface area (Å²) in [5.74, 6) is 1.63. The van der Waals surface area contributed by atoms with Crippen LogP contribution in [0, 0.1) is 0 Å². The summed E-state index contributed by atoms with van der Waals surface area (Å²) in [6.45, 7) is 6.72. The molecule has 1 aromatic heterocycles. The predicted octanol–water partition coefficient (Wildman–Crippen LogP) is 4.74. The third-order valence-corrected chi connectivity index (χ3v) is 3.86. The standard InChI is InChI=1S/C17H24N2/c1-5-7-14-11-15-10-13(12(3)6-2)8-9-16(15)19-17(14)18-4/h8-12H,5-7H2,1-4H3,(H,18,19). The maximum absolute atomic E-state index is 4.73. The van der Waals surface area contributed by atoms with Gasteiger partial charge in [0.1, 0.15) is 5.82 Å². The molecule has 0 saturated carbocycles. The van der Waals surface area contributed by atoms with Crippen LogP contribution in [0.15, 0.2) is 24.3 Å². The highest BCUT2D eigenvalue weighted by Crippen LogP contribution is 2.26. The van der Waals surface area contributed by atoms with E-state index in [-0.39, 0.29) is 0 Å². The van der Waals surface area contributed by atoms with Crippen LogP contribution < -0.4 is 5.32 Å². The van der Waals surface area contributed by atoms with Gasteiger partial charge in [0.05, 0.1) is 5.52 Å². The van der Waals surface area contributed by atoms with Gasteiger partial charge in [-0.25, -0.2) is 4.98 Å². The van der Waals surface area contributed by atoms with Crippen LogP contribution in [0.3, 0.4) is 0 Å². The lowest BCUT2D eigenvalue weighted by Gasteiger charge is -2.13. The minimum Gasteiger partial charge on any atom is -0.373 e. The summed E-state index contributed by atoms with van der Waals surface area (Å²) < 4.78 is 0. The average Bonchev–Trinajstić information content (AvgIpc) is 2.45. The molecule has 2 heteroatoms. The number of hydrogen-bond donors (Lipinski definition) is 1. The van der Waals surface area contributed by atoms with Crippen LogP contribution in [0.25, 0.3) is 10.9 Å². The van der Waals surface area contributed by atoms with Crippen LogP contribution >= 0.6 is 0 Å². The van der Waals surface area contributed by atoms with Gasteiger partial charge in [-0.15, -0.1) is 0 Å². The van der Waals surface area contributed by atoms with Crippen LogP contribution in [0.5, 0.6) is 0 Å². The lowest BCUT2D eigenvalue weighted by Crippen LogP contribution is -2.00. The van der Waals surface area contributed by atoms with E-state index in [2.05, 4.69) is 50.4 Å². The molecule has 0 fully saturated rings. The summed E-state index contributed by atoms with van der Waals surface area (Å²) in [5, 5.41) is 4.47. The van der Waals surface area contributed by atoms with E-state index < -0.39 is 0 Å². The van der Waals surface area contributed by atoms with E-state index in [4.69, 9.17) is 4.98 Å². The van der Waals surface area contributed by atoms with Crippen molar-refractivity contribution in [2.75, 3.05) is 12.4 Å². The van der Waals surface area contributed by atoms with Gasteiger partial charge in [-0.3, -0.25) is 0 Å². The summed E-state index contributed by atoms with van der Waals surface area (Å²) in [5.41, 5.74) is 3.81. The van der Waals surface area contributed by atoms with E-state index in [9.17, 15) is 0 Å². The van der Waals surface area contributed by atoms with Crippen LogP contribution in [0.4, 0.5) is 5.82 Å². The second-order valence-corrected chi connectivity index (χ2v) is 5.26. The molecule has 0 aliphatic carbocycles. The molecule has 0 bridgehead atoms. The molecule has 1 unspecified atom stereocenters. The number of aryl methyl sites for hydroxylation is 1. The molecule has 2 nitrogen and oxygen atoms in total. The Morgan fingerprint density at radius 2 is 2.00 bits per heavy atom. The van der Waals surface area contributed by atoms with Gasteiger partial charge in [-0.05, 0) is 48.1 Å². The van der Waals surface area contributed by atoms with E-state index in [1.165, 1.54) is 22.9 Å². The first kappa shape index (κ1) is 13.9. The van der Waals surface area contributed by atoms with Gasteiger partial charge >= 0.3 is 0 Å². The smallest absolute Gasteiger partial charge is 0.129 e. The van der Waals surface area contributed by atoms with Crippen LogP contribution in [-0.2, 0) is 6.42 Å². The molecule has 1 N–H and O–H groups in total. The van der Waals surface area contributed by atoms with E-state index in [1.54, 1.807) is 0 Å². The normalized spacial score (nSPS) is 12.6. The number of hydrogen-bond acceptors (Lipinski definition) is 2. The highest BCUT2D eigenvalue weighted by atomic mass is 15.0. The lowest BCUT2D eigenvalue weighted by molar-refractivity contribution is 0.734. The molecule has 102 valence electrons. The Bertz CT molecular complexity index is 560. The molecule has 0 aliphatic heterocycles. The van der Waals surface area contributed by atoms with Crippen molar-refractivity contribution in [2.24, 2.45) is 0 Å². The molecule has 0 amide bonds. The van der Waals surface area contributed by atoms with Gasteiger partial charge in [0.15, 0.2) is 0 Å². The minimum absolute atomic E-state index is 0.614. The maximum Gasteiger partial charge on any atom is 0.129 e. The van der Waals surface area contributed by atoms with Gasteiger partial charge in [0.2, 0.25) is 0 Å². The molecule has 0 aliphatic rings. The molecule has 1 heterocycles. The SMILES string of the molecule is CCCc1cc2cc(C(C)CC)ccc2nc1NC. The third kappa shape index (κ3) is 2.89. The van der Waals surface area contributed by atoms with Crippen molar-refractivity contribution in [3.05, 3.63) is 35.4 Å². The Labute approximate surface area is 116 Å². The fraction of sp³-hybridized carbons (Fsp3) is 0.471. The first-order valence-corrected chi connectivity index (χ1v) is 7.30. The van der Waals surface area contributed by atoms with Crippen molar-refractivity contribution in [1.29, 1.82) is 0 Å². The number of nitrogens with one attached hydrogen (secondary N) is 1. The van der Waals surface area contributed by atoms with Crippen molar-refractivity contribution in [1.82, 2.24) is 4.98 Å². The molecule has 19 heavy (non-hydrogen) atoms. The summed E-state index contributed by atoms with van der Waals surface area (Å²) in [7, 11) is 1.95.